The summed E-state index contributed by atoms with van der Waals surface area (Å²) in [5.41, 5.74) is 0.0379. The van der Waals surface area contributed by atoms with Gasteiger partial charge in [0.2, 0.25) is 11.8 Å². The molecule has 49 heavy (non-hydrogen) atoms. The summed E-state index contributed by atoms with van der Waals surface area (Å²) in [5, 5.41) is 15.1. The smallest absolute Gasteiger partial charge is 0.313 e. The number of ether oxygens (including phenoxy) is 2. The lowest BCUT2D eigenvalue weighted by Crippen LogP contribution is -2.58. The van der Waals surface area contributed by atoms with E-state index in [4.69, 9.17) is 9.47 Å². The molecule has 7 atom stereocenters. The molecule has 2 N–H and O–H groups in total. The van der Waals surface area contributed by atoms with Gasteiger partial charge in [-0.15, -0.1) is 13.2 Å². The molecule has 3 aromatic carbocycles. The molecule has 10 nitrogen and oxygen atoms in total. The molecule has 3 aromatic rings. The maximum Gasteiger partial charge on any atom is 0.313 e. The highest BCUT2D eigenvalue weighted by atomic mass is 16.6. The van der Waals surface area contributed by atoms with Crippen LogP contribution in [0.3, 0.4) is 0 Å². The number of likely N-dealkylation sites (tertiary alicyclic amines) is 1. The molecule has 0 saturated carbocycles. The number of carbonyl (C=O) groups is 4. The number of anilines is 1. The van der Waals surface area contributed by atoms with Crippen molar-refractivity contribution in [3.05, 3.63) is 104 Å². The Morgan fingerprint density at radius 2 is 1.82 bits per heavy atom. The largest absolute Gasteiger partial charge is 0.455 e. The summed E-state index contributed by atoms with van der Waals surface area (Å²) < 4.78 is 12.7. The molecular weight excluding hydrogens is 622 g/mol. The van der Waals surface area contributed by atoms with Crippen molar-refractivity contribution >= 4 is 40.2 Å². The van der Waals surface area contributed by atoms with E-state index in [-0.39, 0.29) is 37.9 Å². The van der Waals surface area contributed by atoms with Crippen molar-refractivity contribution < 1.29 is 33.8 Å². The molecule has 3 heterocycles. The van der Waals surface area contributed by atoms with E-state index in [1.807, 2.05) is 72.8 Å². The van der Waals surface area contributed by atoms with Gasteiger partial charge in [0.15, 0.2) is 0 Å². The van der Waals surface area contributed by atoms with Gasteiger partial charge in [0, 0.05) is 18.7 Å². The summed E-state index contributed by atoms with van der Waals surface area (Å²) in [5.74, 6) is -3.57. The third kappa shape index (κ3) is 6.26. The number of nitrogens with zero attached hydrogens (tertiary/aromatic N) is 2. The number of allylic oxidation sites excluding steroid dienone is 1. The van der Waals surface area contributed by atoms with Crippen LogP contribution in [0.1, 0.15) is 44.3 Å². The van der Waals surface area contributed by atoms with Crippen LogP contribution in [-0.4, -0.2) is 77.2 Å². The minimum absolute atomic E-state index is 0.0464. The van der Waals surface area contributed by atoms with Crippen LogP contribution in [0.4, 0.5) is 5.69 Å². The molecule has 0 aromatic heterocycles. The second kappa shape index (κ2) is 14.4. The number of carbonyl (C=O) groups excluding carboxylic acids is 4. The summed E-state index contributed by atoms with van der Waals surface area (Å²) in [7, 11) is 0. The lowest BCUT2D eigenvalue weighted by Gasteiger charge is -2.38. The second-order valence-corrected chi connectivity index (χ2v) is 13.1. The molecule has 2 bridgehead atoms. The lowest BCUT2D eigenvalue weighted by molar-refractivity contribution is -0.161. The fourth-order valence-corrected chi connectivity index (χ4v) is 7.79. The van der Waals surface area contributed by atoms with Crippen LogP contribution in [0.5, 0.6) is 0 Å². The zero-order chi connectivity index (χ0) is 34.7. The first-order chi connectivity index (χ1) is 23.7. The number of fused-ring (bicyclic) bond motifs is 2. The third-order valence-electron chi connectivity index (χ3n) is 10.1. The van der Waals surface area contributed by atoms with E-state index < -0.39 is 53.6 Å². The van der Waals surface area contributed by atoms with Gasteiger partial charge in [0.25, 0.3) is 5.91 Å². The Kier molecular flexibility index (Phi) is 9.99. The van der Waals surface area contributed by atoms with Crippen molar-refractivity contribution in [3.63, 3.8) is 0 Å². The fraction of sp³-hybridized carbons (Fsp3) is 0.385. The van der Waals surface area contributed by atoms with Crippen LogP contribution < -0.4 is 10.2 Å². The Morgan fingerprint density at radius 1 is 1.08 bits per heavy atom. The van der Waals surface area contributed by atoms with Gasteiger partial charge in [-0.3, -0.25) is 19.2 Å². The molecule has 3 aliphatic heterocycles. The van der Waals surface area contributed by atoms with Gasteiger partial charge in [-0.2, -0.15) is 0 Å². The van der Waals surface area contributed by atoms with Crippen LogP contribution >= 0.6 is 0 Å². The van der Waals surface area contributed by atoms with Crippen molar-refractivity contribution in [2.45, 2.75) is 62.5 Å². The molecule has 0 radical (unpaired) electrons. The van der Waals surface area contributed by atoms with E-state index in [9.17, 15) is 24.3 Å². The number of amides is 3. The maximum absolute atomic E-state index is 14.8. The number of aliphatic hydroxyl groups excluding tert-OH is 1. The average Bonchev–Trinajstić information content (AvgIpc) is 3.78. The van der Waals surface area contributed by atoms with E-state index in [0.29, 0.717) is 30.5 Å². The Labute approximate surface area is 286 Å². The molecule has 0 aliphatic carbocycles. The maximum atomic E-state index is 14.8. The molecule has 3 aliphatic rings. The van der Waals surface area contributed by atoms with Crippen LogP contribution in [-0.2, 0) is 28.7 Å². The normalized spacial score (nSPS) is 25.0. The van der Waals surface area contributed by atoms with Gasteiger partial charge in [-0.1, -0.05) is 72.8 Å². The third-order valence-corrected chi connectivity index (χ3v) is 10.1. The quantitative estimate of drug-likeness (QED) is 0.192. The highest BCUT2D eigenvalue weighted by Gasteiger charge is 2.75. The molecule has 3 saturated heterocycles. The Hall–Kier alpha value is -4.80. The number of aliphatic hydroxyl groups is 1. The number of rotatable bonds is 14. The summed E-state index contributed by atoms with van der Waals surface area (Å²) in [6.45, 7) is 9.07. The molecule has 6 rings (SSSR count). The molecule has 3 amide bonds. The highest BCUT2D eigenvalue weighted by molar-refractivity contribution is 6.05. The fourth-order valence-electron chi connectivity index (χ4n) is 7.79. The van der Waals surface area contributed by atoms with Gasteiger partial charge in [0.1, 0.15) is 17.7 Å². The van der Waals surface area contributed by atoms with Crippen LogP contribution in [0, 0.1) is 11.8 Å². The second-order valence-electron chi connectivity index (χ2n) is 13.1. The summed E-state index contributed by atoms with van der Waals surface area (Å²) >= 11 is 0. The van der Waals surface area contributed by atoms with E-state index >= 15 is 0 Å². The average molecular weight is 666 g/mol. The van der Waals surface area contributed by atoms with Gasteiger partial charge in [-0.05, 0) is 54.7 Å². The minimum Gasteiger partial charge on any atom is -0.455 e. The first kappa shape index (κ1) is 34.1. The van der Waals surface area contributed by atoms with Crippen molar-refractivity contribution in [2.75, 3.05) is 24.6 Å². The predicted octanol–water partition coefficient (Wildman–Crippen LogP) is 4.48. The van der Waals surface area contributed by atoms with E-state index in [1.165, 1.54) is 4.90 Å². The van der Waals surface area contributed by atoms with Crippen molar-refractivity contribution in [2.24, 2.45) is 11.8 Å². The van der Waals surface area contributed by atoms with Gasteiger partial charge in [-0.25, -0.2) is 0 Å². The van der Waals surface area contributed by atoms with Gasteiger partial charge < -0.3 is 29.7 Å². The zero-order valence-corrected chi connectivity index (χ0v) is 27.7. The molecule has 1 spiro atoms. The van der Waals surface area contributed by atoms with Gasteiger partial charge >= 0.3 is 5.97 Å². The lowest BCUT2D eigenvalue weighted by atomic mass is 9.70. The topological polar surface area (TPSA) is 125 Å². The number of hydrogen-bond acceptors (Lipinski definition) is 7. The Balaban J connectivity index is 1.32. The molecule has 10 heteroatoms. The number of benzene rings is 3. The first-order valence-corrected chi connectivity index (χ1v) is 16.9. The predicted molar refractivity (Wildman–Crippen MR) is 185 cm³/mol. The van der Waals surface area contributed by atoms with E-state index in [1.54, 1.807) is 24.0 Å². The van der Waals surface area contributed by atoms with Crippen molar-refractivity contribution in [3.8, 4) is 0 Å². The van der Waals surface area contributed by atoms with E-state index in [2.05, 4.69) is 18.5 Å². The first-order valence-electron chi connectivity index (χ1n) is 16.9. The van der Waals surface area contributed by atoms with Gasteiger partial charge in [0.05, 0.1) is 37.1 Å². The van der Waals surface area contributed by atoms with Crippen LogP contribution in [0.25, 0.3) is 10.8 Å². The highest BCUT2D eigenvalue weighted by Crippen LogP contribution is 2.59. The number of hydrogen-bond donors (Lipinski definition) is 2. The van der Waals surface area contributed by atoms with Crippen LogP contribution in [0.15, 0.2) is 98.1 Å². The summed E-state index contributed by atoms with van der Waals surface area (Å²) in [6.07, 6.45) is 3.48. The van der Waals surface area contributed by atoms with E-state index in [0.717, 1.165) is 10.8 Å². The molecular formula is C39H43N3O7. The van der Waals surface area contributed by atoms with Crippen molar-refractivity contribution in [1.82, 2.24) is 10.2 Å². The Bertz CT molecular complexity index is 1740. The standard InChI is InChI=1S/C39H43N3O7/c1-4-6-16-32(44)40-23-31(27-13-8-7-9-14-27)48-38(47)33-30-19-20-39(49-30)34(33)36(45)42(25(3)24-43)35(39)37(46)41(21-5-2)29-18-17-26-12-10-11-15-28(26)22-29/h4-5,7-15,17-18,22,25,30-31,33-35,43H,1-2,6,16,19-21,23-24H2,3H3,(H,40,44)/t25-,30-,31+,33+,34+,35-,39+/m1/s1. The number of nitrogens with one attached hydrogen (secondary N) is 1. The minimum atomic E-state index is -1.29. The molecule has 256 valence electrons. The SMILES string of the molecule is C=CCCC(=O)NC[C@H](OC(=O)[C@@H]1[C@H]2C(=O)N([C@H](C)CO)[C@H](C(=O)N(CC=C)c3ccc4ccccc4c3)[C@]23CC[C@H]1O3)c1ccccc1. The number of esters is 1. The zero-order valence-electron chi connectivity index (χ0n) is 27.7. The van der Waals surface area contributed by atoms with Crippen LogP contribution in [0.2, 0.25) is 0 Å². The summed E-state index contributed by atoms with van der Waals surface area (Å²) in [6, 6.07) is 20.9. The van der Waals surface area contributed by atoms with Crippen molar-refractivity contribution in [1.29, 1.82) is 0 Å². The molecule has 3 fully saturated rings. The summed E-state index contributed by atoms with van der Waals surface area (Å²) in [4.78, 5) is 58.9. The monoisotopic (exact) mass is 665 g/mol. The Morgan fingerprint density at radius 3 is 2.53 bits per heavy atom. The molecule has 0 unspecified atom stereocenters.